The average Bonchev–Trinajstić information content (AvgIpc) is 3.37. The first kappa shape index (κ1) is 70.4. The van der Waals surface area contributed by atoms with E-state index in [4.69, 9.17) is 14.2 Å². The van der Waals surface area contributed by atoms with Gasteiger partial charge in [-0.2, -0.15) is 0 Å². The number of ether oxygens (including phenoxy) is 3. The summed E-state index contributed by atoms with van der Waals surface area (Å²) >= 11 is 0. The zero-order valence-corrected chi connectivity index (χ0v) is 49.4. The quantitative estimate of drug-likeness (QED) is 0.0343. The molecular formula is C66H128O6. The van der Waals surface area contributed by atoms with Gasteiger partial charge in [-0.05, 0) is 25.2 Å². The Bertz CT molecular complexity index is 1090. The van der Waals surface area contributed by atoms with Crippen molar-refractivity contribution in [3.8, 4) is 0 Å². The predicted molar refractivity (Wildman–Crippen MR) is 312 cm³/mol. The van der Waals surface area contributed by atoms with Gasteiger partial charge in [0.05, 0.1) is 0 Å². The Morgan fingerprint density at radius 1 is 0.264 bits per heavy atom. The van der Waals surface area contributed by atoms with E-state index in [1.54, 1.807) is 0 Å². The van der Waals surface area contributed by atoms with Crippen molar-refractivity contribution in [2.24, 2.45) is 5.92 Å². The van der Waals surface area contributed by atoms with Gasteiger partial charge in [0.2, 0.25) is 0 Å². The minimum Gasteiger partial charge on any atom is -0.462 e. The molecule has 0 saturated heterocycles. The lowest BCUT2D eigenvalue weighted by molar-refractivity contribution is -0.167. The van der Waals surface area contributed by atoms with Crippen molar-refractivity contribution in [1.29, 1.82) is 0 Å². The zero-order valence-electron chi connectivity index (χ0n) is 49.4. The van der Waals surface area contributed by atoms with Crippen molar-refractivity contribution in [3.05, 3.63) is 0 Å². The third kappa shape index (κ3) is 59.3. The van der Waals surface area contributed by atoms with E-state index in [9.17, 15) is 14.4 Å². The predicted octanol–water partition coefficient (Wildman–Crippen LogP) is 22.1. The van der Waals surface area contributed by atoms with Crippen LogP contribution < -0.4 is 0 Å². The second-order valence-corrected chi connectivity index (χ2v) is 23.2. The van der Waals surface area contributed by atoms with Gasteiger partial charge in [0.1, 0.15) is 13.2 Å². The summed E-state index contributed by atoms with van der Waals surface area (Å²) in [5.41, 5.74) is 0. The molecule has 0 aromatic carbocycles. The van der Waals surface area contributed by atoms with Crippen LogP contribution >= 0.6 is 0 Å². The molecule has 0 saturated carbocycles. The number of carbonyl (C=O) groups excluding carboxylic acids is 3. The second kappa shape index (κ2) is 60.3. The fourth-order valence-electron chi connectivity index (χ4n) is 10.3. The number of carbonyl (C=O) groups is 3. The SMILES string of the molecule is CCCCCCCCCCCCCCCCCCCCCC(=O)O[C@H](COC(=O)CCCCCCCCCCCCCCCCCCCC)COC(=O)CCCCCCCCCCCCCCCCC(C)C. The molecule has 6 nitrogen and oxygen atoms in total. The van der Waals surface area contributed by atoms with Crippen molar-refractivity contribution < 1.29 is 28.6 Å². The van der Waals surface area contributed by atoms with E-state index in [1.165, 1.54) is 276 Å². The van der Waals surface area contributed by atoms with Crippen LogP contribution in [-0.2, 0) is 28.6 Å². The Morgan fingerprint density at radius 3 is 0.681 bits per heavy atom. The molecule has 6 heteroatoms. The van der Waals surface area contributed by atoms with Crippen LogP contribution in [0.5, 0.6) is 0 Å². The largest absolute Gasteiger partial charge is 0.462 e. The maximum Gasteiger partial charge on any atom is 0.306 e. The molecule has 0 N–H and O–H groups in total. The smallest absolute Gasteiger partial charge is 0.306 e. The number of hydrogen-bond acceptors (Lipinski definition) is 6. The molecule has 0 amide bonds. The van der Waals surface area contributed by atoms with Gasteiger partial charge < -0.3 is 14.2 Å². The minimum absolute atomic E-state index is 0.0610. The van der Waals surface area contributed by atoms with Gasteiger partial charge in [-0.3, -0.25) is 14.4 Å². The summed E-state index contributed by atoms with van der Waals surface area (Å²) in [5.74, 6) is 0.0194. The maximum atomic E-state index is 12.9. The van der Waals surface area contributed by atoms with Gasteiger partial charge in [-0.15, -0.1) is 0 Å². The van der Waals surface area contributed by atoms with E-state index in [2.05, 4.69) is 27.7 Å². The number of esters is 3. The lowest BCUT2D eigenvalue weighted by atomic mass is 10.0. The van der Waals surface area contributed by atoms with Gasteiger partial charge in [0.25, 0.3) is 0 Å². The average molecular weight is 1020 g/mol. The fourth-order valence-corrected chi connectivity index (χ4v) is 10.3. The van der Waals surface area contributed by atoms with E-state index in [1.807, 2.05) is 0 Å². The summed E-state index contributed by atoms with van der Waals surface area (Å²) in [4.78, 5) is 38.4. The van der Waals surface area contributed by atoms with Gasteiger partial charge in [0.15, 0.2) is 6.10 Å². The van der Waals surface area contributed by atoms with Gasteiger partial charge in [0, 0.05) is 19.3 Å². The Labute approximate surface area is 450 Å². The van der Waals surface area contributed by atoms with E-state index in [0.717, 1.165) is 63.7 Å². The highest BCUT2D eigenvalue weighted by molar-refractivity contribution is 5.71. The third-order valence-electron chi connectivity index (χ3n) is 15.3. The minimum atomic E-state index is -0.763. The monoisotopic (exact) mass is 1020 g/mol. The van der Waals surface area contributed by atoms with Crippen LogP contribution in [-0.4, -0.2) is 37.2 Å². The highest BCUT2D eigenvalue weighted by atomic mass is 16.6. The number of rotatable bonds is 61. The first-order valence-corrected chi connectivity index (χ1v) is 32.9. The fraction of sp³-hybridized carbons (Fsp3) is 0.955. The first-order valence-electron chi connectivity index (χ1n) is 32.9. The summed E-state index contributed by atoms with van der Waals surface area (Å²) < 4.78 is 17.0. The van der Waals surface area contributed by atoms with E-state index < -0.39 is 6.10 Å². The molecule has 0 aliphatic rings. The topological polar surface area (TPSA) is 78.9 Å². The Hall–Kier alpha value is -1.59. The molecule has 1 atom stereocenters. The Morgan fingerprint density at radius 2 is 0.458 bits per heavy atom. The van der Waals surface area contributed by atoms with Crippen molar-refractivity contribution in [2.45, 2.75) is 387 Å². The van der Waals surface area contributed by atoms with Crippen LogP contribution in [0.25, 0.3) is 0 Å². The van der Waals surface area contributed by atoms with Crippen molar-refractivity contribution in [2.75, 3.05) is 13.2 Å². The molecule has 0 heterocycles. The Kier molecular flexibility index (Phi) is 58.9. The summed E-state index contributed by atoms with van der Waals surface area (Å²) in [6.07, 6.45) is 68.2. The molecule has 0 fully saturated rings. The molecule has 72 heavy (non-hydrogen) atoms. The highest BCUT2D eigenvalue weighted by Gasteiger charge is 2.19. The van der Waals surface area contributed by atoms with Crippen molar-refractivity contribution >= 4 is 17.9 Å². The lowest BCUT2D eigenvalue weighted by Crippen LogP contribution is -2.30. The van der Waals surface area contributed by atoms with Crippen LogP contribution in [0.3, 0.4) is 0 Å². The molecule has 0 unspecified atom stereocenters. The normalized spacial score (nSPS) is 12.0. The van der Waals surface area contributed by atoms with Crippen LogP contribution in [0.4, 0.5) is 0 Å². The van der Waals surface area contributed by atoms with Crippen molar-refractivity contribution in [1.82, 2.24) is 0 Å². The summed E-state index contributed by atoms with van der Waals surface area (Å²) in [7, 11) is 0. The lowest BCUT2D eigenvalue weighted by Gasteiger charge is -2.18. The van der Waals surface area contributed by atoms with Crippen LogP contribution in [0.2, 0.25) is 0 Å². The molecular weight excluding hydrogens is 889 g/mol. The summed E-state index contributed by atoms with van der Waals surface area (Å²) in [6.45, 7) is 9.10. The molecule has 0 bridgehead atoms. The van der Waals surface area contributed by atoms with Crippen LogP contribution in [0, 0.1) is 5.92 Å². The standard InChI is InChI=1S/C66H128O6/c1-5-7-9-11-13-15-17-19-21-23-25-27-29-35-39-43-47-51-55-59-66(69)72-63(61-71-65(68)58-54-50-46-42-38-34-31-30-32-36-40-44-48-52-56-62(3)4)60-70-64(67)57-53-49-45-41-37-33-28-26-24-22-20-18-16-14-12-10-8-6-2/h62-63H,5-61H2,1-4H3/t63-/m1/s1. The van der Waals surface area contributed by atoms with Crippen molar-refractivity contribution in [3.63, 3.8) is 0 Å². The maximum absolute atomic E-state index is 12.9. The van der Waals surface area contributed by atoms with Gasteiger partial charge in [-0.25, -0.2) is 0 Å². The van der Waals surface area contributed by atoms with Gasteiger partial charge >= 0.3 is 17.9 Å². The van der Waals surface area contributed by atoms with E-state index in [-0.39, 0.29) is 31.1 Å². The Balaban J connectivity index is 4.28. The number of unbranched alkanes of at least 4 members (excludes halogenated alkanes) is 48. The highest BCUT2D eigenvalue weighted by Crippen LogP contribution is 2.19. The molecule has 0 aliphatic carbocycles. The first-order chi connectivity index (χ1) is 35.4. The molecule has 0 rings (SSSR count). The molecule has 0 spiro atoms. The molecule has 428 valence electrons. The third-order valence-corrected chi connectivity index (χ3v) is 15.3. The molecule has 0 aliphatic heterocycles. The van der Waals surface area contributed by atoms with Crippen LogP contribution in [0.1, 0.15) is 381 Å². The molecule has 0 aromatic rings. The number of hydrogen-bond donors (Lipinski definition) is 0. The summed E-state index contributed by atoms with van der Waals surface area (Å²) in [6, 6.07) is 0. The molecule has 0 aromatic heterocycles. The van der Waals surface area contributed by atoms with Gasteiger partial charge in [-0.1, -0.05) is 342 Å². The second-order valence-electron chi connectivity index (χ2n) is 23.2. The van der Waals surface area contributed by atoms with Crippen LogP contribution in [0.15, 0.2) is 0 Å². The summed E-state index contributed by atoms with van der Waals surface area (Å²) in [5, 5.41) is 0. The zero-order chi connectivity index (χ0) is 52.3. The van der Waals surface area contributed by atoms with E-state index >= 15 is 0 Å². The molecule has 0 radical (unpaired) electrons. The van der Waals surface area contributed by atoms with E-state index in [0.29, 0.717) is 19.3 Å².